The third kappa shape index (κ3) is 3.94. The summed E-state index contributed by atoms with van der Waals surface area (Å²) >= 11 is 0. The number of nitrogens with zero attached hydrogens (tertiary/aromatic N) is 1. The highest BCUT2D eigenvalue weighted by Crippen LogP contribution is 2.19. The Morgan fingerprint density at radius 3 is 3.06 bits per heavy atom. The molecule has 16 heavy (non-hydrogen) atoms. The van der Waals surface area contributed by atoms with Crippen LogP contribution in [0.5, 0.6) is 0 Å². The quantitative estimate of drug-likeness (QED) is 0.672. The fourth-order valence-electron chi connectivity index (χ4n) is 2.19. The second kappa shape index (κ2) is 6.66. The van der Waals surface area contributed by atoms with Crippen molar-refractivity contribution in [2.24, 2.45) is 0 Å². The highest BCUT2D eigenvalue weighted by Gasteiger charge is 2.27. The van der Waals surface area contributed by atoms with Gasteiger partial charge in [-0.05, 0) is 26.3 Å². The van der Waals surface area contributed by atoms with Crippen molar-refractivity contribution in [2.45, 2.75) is 38.3 Å². The zero-order chi connectivity index (χ0) is 12.0. The summed E-state index contributed by atoms with van der Waals surface area (Å²) in [5.74, 6) is 0.00690. The maximum absolute atomic E-state index is 11.6. The minimum Gasteiger partial charge on any atom is -0.392 e. The molecule has 2 unspecified atom stereocenters. The van der Waals surface area contributed by atoms with Crippen LogP contribution in [0.4, 0.5) is 0 Å². The molecule has 1 fully saturated rings. The van der Waals surface area contributed by atoms with Gasteiger partial charge in [-0.1, -0.05) is 12.5 Å². The first kappa shape index (κ1) is 13.2. The lowest BCUT2D eigenvalue weighted by atomic mass is 9.98. The molecule has 1 amide bonds. The van der Waals surface area contributed by atoms with Crippen LogP contribution in [0.25, 0.3) is 0 Å². The normalized spacial score (nSPS) is 23.8. The topological polar surface area (TPSA) is 52.6 Å². The molecule has 1 saturated heterocycles. The van der Waals surface area contributed by atoms with E-state index >= 15 is 0 Å². The van der Waals surface area contributed by atoms with E-state index in [0.29, 0.717) is 13.1 Å². The van der Waals surface area contributed by atoms with Gasteiger partial charge in [-0.3, -0.25) is 9.69 Å². The Balaban J connectivity index is 2.42. The van der Waals surface area contributed by atoms with E-state index < -0.39 is 0 Å². The molecular formula is C12H22N2O2. The average Bonchev–Trinajstić information content (AvgIpc) is 2.27. The first-order chi connectivity index (χ1) is 7.65. The van der Waals surface area contributed by atoms with Gasteiger partial charge in [0.05, 0.1) is 12.6 Å². The molecule has 0 spiro atoms. The summed E-state index contributed by atoms with van der Waals surface area (Å²) in [6.45, 7) is 7.13. The van der Waals surface area contributed by atoms with E-state index in [1.165, 1.54) is 0 Å². The average molecular weight is 226 g/mol. The largest absolute Gasteiger partial charge is 0.392 e. The second-order valence-corrected chi connectivity index (χ2v) is 4.37. The predicted molar refractivity (Wildman–Crippen MR) is 64.1 cm³/mol. The number of aliphatic hydroxyl groups is 1. The first-order valence-electron chi connectivity index (χ1n) is 5.95. The molecule has 1 aliphatic rings. The fourth-order valence-corrected chi connectivity index (χ4v) is 2.19. The molecule has 1 heterocycles. The van der Waals surface area contributed by atoms with E-state index in [1.54, 1.807) is 13.0 Å². The van der Waals surface area contributed by atoms with Crippen LogP contribution in [-0.4, -0.2) is 47.7 Å². The van der Waals surface area contributed by atoms with Crippen LogP contribution >= 0.6 is 0 Å². The second-order valence-electron chi connectivity index (χ2n) is 4.37. The molecule has 0 saturated carbocycles. The zero-order valence-electron chi connectivity index (χ0n) is 9.98. The molecule has 0 aromatic carbocycles. The van der Waals surface area contributed by atoms with E-state index in [-0.39, 0.29) is 18.1 Å². The summed E-state index contributed by atoms with van der Waals surface area (Å²) in [7, 11) is 0. The lowest BCUT2D eigenvalue weighted by Gasteiger charge is -2.36. The summed E-state index contributed by atoms with van der Waals surface area (Å²) in [5.41, 5.74) is 0. The SMILES string of the molecule is C=CCNC(=O)CN1CCCCC1C(C)O. The Labute approximate surface area is 97.3 Å². The zero-order valence-corrected chi connectivity index (χ0v) is 9.98. The van der Waals surface area contributed by atoms with Crippen LogP contribution in [0.15, 0.2) is 12.7 Å². The Bertz CT molecular complexity index is 241. The molecule has 2 atom stereocenters. The first-order valence-corrected chi connectivity index (χ1v) is 5.95. The number of piperidine rings is 1. The molecule has 0 bridgehead atoms. The van der Waals surface area contributed by atoms with Gasteiger partial charge >= 0.3 is 0 Å². The summed E-state index contributed by atoms with van der Waals surface area (Å²) in [6.07, 6.45) is 4.53. The number of carbonyl (C=O) groups excluding carboxylic acids is 1. The highest BCUT2D eigenvalue weighted by atomic mass is 16.3. The van der Waals surface area contributed by atoms with Gasteiger partial charge in [-0.25, -0.2) is 0 Å². The molecule has 1 rings (SSSR count). The standard InChI is InChI=1S/C12H22N2O2/c1-3-7-13-12(16)9-14-8-5-4-6-11(14)10(2)15/h3,10-11,15H,1,4-9H2,2H3,(H,13,16). The molecular weight excluding hydrogens is 204 g/mol. The van der Waals surface area contributed by atoms with E-state index in [9.17, 15) is 9.90 Å². The Kier molecular flexibility index (Phi) is 5.49. The lowest BCUT2D eigenvalue weighted by Crippen LogP contribution is -2.49. The molecule has 0 aliphatic carbocycles. The van der Waals surface area contributed by atoms with Crippen molar-refractivity contribution in [3.8, 4) is 0 Å². The van der Waals surface area contributed by atoms with Gasteiger partial charge in [-0.15, -0.1) is 6.58 Å². The molecule has 4 nitrogen and oxygen atoms in total. The molecule has 1 aliphatic heterocycles. The minimum absolute atomic E-state index is 0.00690. The molecule has 2 N–H and O–H groups in total. The third-order valence-corrected chi connectivity index (χ3v) is 3.01. The Hall–Kier alpha value is -0.870. The molecule has 4 heteroatoms. The van der Waals surface area contributed by atoms with Crippen molar-refractivity contribution in [1.29, 1.82) is 0 Å². The van der Waals surface area contributed by atoms with Gasteiger partial charge in [0, 0.05) is 12.6 Å². The third-order valence-electron chi connectivity index (χ3n) is 3.01. The van der Waals surface area contributed by atoms with Crippen LogP contribution in [0.2, 0.25) is 0 Å². The van der Waals surface area contributed by atoms with E-state index in [4.69, 9.17) is 0 Å². The number of aliphatic hydroxyl groups excluding tert-OH is 1. The van der Waals surface area contributed by atoms with Crippen molar-refractivity contribution in [3.05, 3.63) is 12.7 Å². The van der Waals surface area contributed by atoms with Crippen molar-refractivity contribution in [2.75, 3.05) is 19.6 Å². The van der Waals surface area contributed by atoms with Crippen LogP contribution in [0, 0.1) is 0 Å². The van der Waals surface area contributed by atoms with Crippen molar-refractivity contribution < 1.29 is 9.90 Å². The van der Waals surface area contributed by atoms with Crippen LogP contribution in [-0.2, 0) is 4.79 Å². The molecule has 0 aromatic heterocycles. The number of hydrogen-bond donors (Lipinski definition) is 2. The van der Waals surface area contributed by atoms with Gasteiger partial charge in [0.25, 0.3) is 0 Å². The fraction of sp³-hybridized carbons (Fsp3) is 0.750. The van der Waals surface area contributed by atoms with Crippen molar-refractivity contribution >= 4 is 5.91 Å². The maximum atomic E-state index is 11.6. The van der Waals surface area contributed by atoms with E-state index in [1.807, 2.05) is 0 Å². The molecule has 92 valence electrons. The number of likely N-dealkylation sites (tertiary alicyclic amines) is 1. The summed E-state index contributed by atoms with van der Waals surface area (Å²) in [4.78, 5) is 13.6. The number of hydrogen-bond acceptors (Lipinski definition) is 3. The summed E-state index contributed by atoms with van der Waals surface area (Å²) in [6, 6.07) is 0.128. The highest BCUT2D eigenvalue weighted by molar-refractivity contribution is 5.78. The van der Waals surface area contributed by atoms with Crippen LogP contribution in [0.1, 0.15) is 26.2 Å². The lowest BCUT2D eigenvalue weighted by molar-refractivity contribution is -0.123. The van der Waals surface area contributed by atoms with Crippen molar-refractivity contribution in [3.63, 3.8) is 0 Å². The Morgan fingerprint density at radius 2 is 2.44 bits per heavy atom. The number of carbonyl (C=O) groups is 1. The van der Waals surface area contributed by atoms with Crippen molar-refractivity contribution in [1.82, 2.24) is 10.2 Å². The van der Waals surface area contributed by atoms with Gasteiger partial charge < -0.3 is 10.4 Å². The van der Waals surface area contributed by atoms with Gasteiger partial charge in [0.15, 0.2) is 0 Å². The Morgan fingerprint density at radius 1 is 1.69 bits per heavy atom. The van der Waals surface area contributed by atoms with Gasteiger partial charge in [0.2, 0.25) is 5.91 Å². The molecule has 0 radical (unpaired) electrons. The minimum atomic E-state index is -0.368. The predicted octanol–water partition coefficient (Wildman–Crippen LogP) is 0.524. The van der Waals surface area contributed by atoms with E-state index in [0.717, 1.165) is 25.8 Å². The monoisotopic (exact) mass is 226 g/mol. The maximum Gasteiger partial charge on any atom is 0.234 e. The number of amides is 1. The summed E-state index contributed by atoms with van der Waals surface area (Å²) in [5, 5.41) is 12.4. The van der Waals surface area contributed by atoms with Crippen LogP contribution < -0.4 is 5.32 Å². The van der Waals surface area contributed by atoms with Gasteiger partial charge in [0.1, 0.15) is 0 Å². The van der Waals surface area contributed by atoms with E-state index in [2.05, 4.69) is 16.8 Å². The van der Waals surface area contributed by atoms with Gasteiger partial charge in [-0.2, -0.15) is 0 Å². The summed E-state index contributed by atoms with van der Waals surface area (Å²) < 4.78 is 0. The smallest absolute Gasteiger partial charge is 0.234 e. The van der Waals surface area contributed by atoms with Crippen LogP contribution in [0.3, 0.4) is 0 Å². The molecule has 0 aromatic rings. The number of rotatable bonds is 5. The number of nitrogens with one attached hydrogen (secondary N) is 1.